The van der Waals surface area contributed by atoms with E-state index in [2.05, 4.69) is 11.9 Å². The van der Waals surface area contributed by atoms with Crippen LogP contribution in [0.2, 0.25) is 0 Å². The van der Waals surface area contributed by atoms with E-state index in [0.29, 0.717) is 6.54 Å². The summed E-state index contributed by atoms with van der Waals surface area (Å²) in [5.74, 6) is 0.0181. The van der Waals surface area contributed by atoms with Gasteiger partial charge >= 0.3 is 0 Å². The van der Waals surface area contributed by atoms with Gasteiger partial charge in [0, 0.05) is 13.5 Å². The van der Waals surface area contributed by atoms with E-state index in [4.69, 9.17) is 0 Å². The molecule has 0 aromatic heterocycles. The molecule has 0 saturated carbocycles. The lowest BCUT2D eigenvalue weighted by atomic mass is 10.2. The molecule has 62 valence electrons. The average molecular weight is 153 g/mol. The second kappa shape index (κ2) is 5.71. The molecule has 0 fully saturated rings. The summed E-state index contributed by atoms with van der Waals surface area (Å²) in [5, 5.41) is 2.72. The van der Waals surface area contributed by atoms with Crippen LogP contribution < -0.4 is 5.32 Å². The van der Waals surface area contributed by atoms with Crippen LogP contribution in [0.5, 0.6) is 0 Å². The molecule has 1 amide bonds. The van der Waals surface area contributed by atoms with Crippen LogP contribution in [0.4, 0.5) is 0 Å². The summed E-state index contributed by atoms with van der Waals surface area (Å²) in [5.41, 5.74) is 1.17. The van der Waals surface area contributed by atoms with Crippen molar-refractivity contribution in [3.05, 3.63) is 24.3 Å². The molecule has 0 unspecified atom stereocenters. The van der Waals surface area contributed by atoms with Crippen LogP contribution in [0.15, 0.2) is 24.3 Å². The van der Waals surface area contributed by atoms with Crippen molar-refractivity contribution in [3.63, 3.8) is 0 Å². The number of amides is 1. The van der Waals surface area contributed by atoms with Gasteiger partial charge in [0.15, 0.2) is 0 Å². The predicted molar refractivity (Wildman–Crippen MR) is 47.3 cm³/mol. The van der Waals surface area contributed by atoms with Gasteiger partial charge in [-0.05, 0) is 13.3 Å². The van der Waals surface area contributed by atoms with E-state index in [1.54, 1.807) is 0 Å². The van der Waals surface area contributed by atoms with Crippen LogP contribution >= 0.6 is 0 Å². The maximum absolute atomic E-state index is 10.4. The lowest BCUT2D eigenvalue weighted by Crippen LogP contribution is -2.20. The van der Waals surface area contributed by atoms with Crippen molar-refractivity contribution in [2.24, 2.45) is 0 Å². The Bertz CT molecular complexity index is 170. The highest BCUT2D eigenvalue weighted by molar-refractivity contribution is 5.72. The molecule has 0 aliphatic heterocycles. The van der Waals surface area contributed by atoms with E-state index >= 15 is 0 Å². The Kier molecular flexibility index (Phi) is 5.17. The quantitative estimate of drug-likeness (QED) is 0.611. The molecule has 0 aliphatic rings. The number of carbonyl (C=O) groups is 1. The van der Waals surface area contributed by atoms with E-state index < -0.39 is 0 Å². The number of nitrogens with one attached hydrogen (secondary N) is 1. The number of allylic oxidation sites excluding steroid dienone is 2. The molecule has 0 bridgehead atoms. The third-order valence-electron chi connectivity index (χ3n) is 1.42. The lowest BCUT2D eigenvalue weighted by Gasteiger charge is -2.01. The summed E-state index contributed by atoms with van der Waals surface area (Å²) >= 11 is 0. The fraction of sp³-hybridized carbons (Fsp3) is 0.444. The maximum Gasteiger partial charge on any atom is 0.216 e. The summed E-state index contributed by atoms with van der Waals surface area (Å²) in [7, 11) is 0. The smallest absolute Gasteiger partial charge is 0.216 e. The highest BCUT2D eigenvalue weighted by Gasteiger charge is 1.91. The minimum absolute atomic E-state index is 0.0181. The predicted octanol–water partition coefficient (Wildman–Crippen LogP) is 1.64. The molecule has 0 aliphatic carbocycles. The maximum atomic E-state index is 10.4. The van der Waals surface area contributed by atoms with Gasteiger partial charge < -0.3 is 5.32 Å². The summed E-state index contributed by atoms with van der Waals surface area (Å²) in [6.45, 7) is 7.82. The molecule has 1 N–H and O–H groups in total. The van der Waals surface area contributed by atoms with Crippen LogP contribution in [0.1, 0.15) is 20.3 Å². The lowest BCUT2D eigenvalue weighted by molar-refractivity contribution is -0.118. The van der Waals surface area contributed by atoms with E-state index in [-0.39, 0.29) is 5.91 Å². The molecule has 0 aromatic rings. The number of hydrogen-bond donors (Lipinski definition) is 1. The second-order valence-corrected chi connectivity index (χ2v) is 2.30. The Morgan fingerprint density at radius 2 is 2.27 bits per heavy atom. The van der Waals surface area contributed by atoms with Crippen molar-refractivity contribution in [3.8, 4) is 0 Å². The molecular weight excluding hydrogens is 138 g/mol. The summed E-state index contributed by atoms with van der Waals surface area (Å²) in [6, 6.07) is 0. The standard InChI is InChI=1S/C9H15NO/c1-4-9(5-2)6-7-10-8(3)11/h4-5H,1,6-7H2,2-3H3,(H,10,11)/b9-5+. The van der Waals surface area contributed by atoms with Crippen molar-refractivity contribution < 1.29 is 4.79 Å². The van der Waals surface area contributed by atoms with Crippen LogP contribution in [-0.2, 0) is 4.79 Å². The Labute approximate surface area is 68.0 Å². The van der Waals surface area contributed by atoms with Crippen molar-refractivity contribution in [2.75, 3.05) is 6.54 Å². The van der Waals surface area contributed by atoms with Gasteiger partial charge in [0.25, 0.3) is 0 Å². The molecule has 0 rings (SSSR count). The van der Waals surface area contributed by atoms with Crippen LogP contribution in [0, 0.1) is 0 Å². The van der Waals surface area contributed by atoms with Crippen molar-refractivity contribution in [2.45, 2.75) is 20.3 Å². The minimum Gasteiger partial charge on any atom is -0.356 e. The molecule has 0 atom stereocenters. The fourth-order valence-corrected chi connectivity index (χ4v) is 0.747. The number of hydrogen-bond acceptors (Lipinski definition) is 1. The van der Waals surface area contributed by atoms with Crippen LogP contribution in [0.25, 0.3) is 0 Å². The third-order valence-corrected chi connectivity index (χ3v) is 1.42. The summed E-state index contributed by atoms with van der Waals surface area (Å²) in [4.78, 5) is 10.4. The van der Waals surface area contributed by atoms with Crippen molar-refractivity contribution in [1.82, 2.24) is 5.32 Å². The molecule has 0 saturated heterocycles. The molecule has 0 heterocycles. The largest absolute Gasteiger partial charge is 0.356 e. The Balaban J connectivity index is 3.53. The number of rotatable bonds is 4. The molecule has 0 radical (unpaired) electrons. The zero-order valence-electron chi connectivity index (χ0n) is 7.18. The Morgan fingerprint density at radius 3 is 2.64 bits per heavy atom. The summed E-state index contributed by atoms with van der Waals surface area (Å²) < 4.78 is 0. The Hall–Kier alpha value is -1.05. The molecule has 2 nitrogen and oxygen atoms in total. The van der Waals surface area contributed by atoms with Crippen LogP contribution in [-0.4, -0.2) is 12.5 Å². The first-order valence-corrected chi connectivity index (χ1v) is 3.72. The van der Waals surface area contributed by atoms with Gasteiger partial charge in [-0.25, -0.2) is 0 Å². The van der Waals surface area contributed by atoms with Crippen molar-refractivity contribution >= 4 is 5.91 Å². The first kappa shape index (κ1) is 9.95. The second-order valence-electron chi connectivity index (χ2n) is 2.30. The van der Waals surface area contributed by atoms with E-state index in [1.807, 2.05) is 19.1 Å². The van der Waals surface area contributed by atoms with Gasteiger partial charge in [-0.2, -0.15) is 0 Å². The zero-order valence-corrected chi connectivity index (χ0v) is 7.18. The minimum atomic E-state index is 0.0181. The highest BCUT2D eigenvalue weighted by atomic mass is 16.1. The van der Waals surface area contributed by atoms with E-state index in [1.165, 1.54) is 12.5 Å². The third kappa shape index (κ3) is 5.40. The molecule has 11 heavy (non-hydrogen) atoms. The number of carbonyl (C=O) groups excluding carboxylic acids is 1. The molecular formula is C9H15NO. The monoisotopic (exact) mass is 153 g/mol. The van der Waals surface area contributed by atoms with Gasteiger partial charge in [0.05, 0.1) is 0 Å². The molecule has 0 spiro atoms. The zero-order chi connectivity index (χ0) is 8.69. The summed E-state index contributed by atoms with van der Waals surface area (Å²) in [6.07, 6.45) is 4.66. The molecule has 0 aromatic carbocycles. The van der Waals surface area contributed by atoms with E-state index in [0.717, 1.165) is 6.42 Å². The highest BCUT2D eigenvalue weighted by Crippen LogP contribution is 1.99. The van der Waals surface area contributed by atoms with Gasteiger partial charge in [0.1, 0.15) is 0 Å². The molecule has 2 heteroatoms. The topological polar surface area (TPSA) is 29.1 Å². The average Bonchev–Trinajstić information content (AvgIpc) is 1.98. The van der Waals surface area contributed by atoms with Gasteiger partial charge in [-0.3, -0.25) is 4.79 Å². The van der Waals surface area contributed by atoms with Crippen molar-refractivity contribution in [1.29, 1.82) is 0 Å². The first-order valence-electron chi connectivity index (χ1n) is 3.72. The van der Waals surface area contributed by atoms with E-state index in [9.17, 15) is 4.79 Å². The SMILES string of the molecule is C=C/C(=C\C)CCNC(C)=O. The first-order chi connectivity index (χ1) is 5.20. The normalized spacial score (nSPS) is 10.9. The van der Waals surface area contributed by atoms with Gasteiger partial charge in [-0.1, -0.05) is 24.3 Å². The fourth-order valence-electron chi connectivity index (χ4n) is 0.747. The van der Waals surface area contributed by atoms with Gasteiger partial charge in [0.2, 0.25) is 5.91 Å². The van der Waals surface area contributed by atoms with Gasteiger partial charge in [-0.15, -0.1) is 0 Å². The van der Waals surface area contributed by atoms with Crippen LogP contribution in [0.3, 0.4) is 0 Å². The Morgan fingerprint density at radius 1 is 1.64 bits per heavy atom.